The summed E-state index contributed by atoms with van der Waals surface area (Å²) in [7, 11) is -2.40. The van der Waals surface area contributed by atoms with Crippen molar-refractivity contribution >= 4 is 15.8 Å². The minimum atomic E-state index is -3.66. The lowest BCUT2D eigenvalue weighted by Gasteiger charge is -2.14. The molecule has 5 nitrogen and oxygen atoms in total. The fourth-order valence-electron chi connectivity index (χ4n) is 1.70. The van der Waals surface area contributed by atoms with Crippen molar-refractivity contribution in [3.63, 3.8) is 0 Å². The van der Waals surface area contributed by atoms with Gasteiger partial charge in [-0.25, -0.2) is 12.8 Å². The van der Waals surface area contributed by atoms with Crippen molar-refractivity contribution < 1.29 is 27.4 Å². The van der Waals surface area contributed by atoms with E-state index in [1.165, 1.54) is 14.0 Å². The number of hydrogen-bond acceptors (Lipinski definition) is 4. The molecule has 1 unspecified atom stereocenters. The fraction of sp³-hybridized carbons (Fsp3) is 0.417. The second-order valence-electron chi connectivity index (χ2n) is 4.31. The molecular formula is C12H15FO5S. The van der Waals surface area contributed by atoms with Crippen molar-refractivity contribution in [3.8, 4) is 5.75 Å². The van der Waals surface area contributed by atoms with Crippen LogP contribution >= 0.6 is 0 Å². The van der Waals surface area contributed by atoms with Crippen LogP contribution < -0.4 is 4.74 Å². The highest BCUT2D eigenvalue weighted by Crippen LogP contribution is 2.31. The number of carbonyl (C=O) groups is 1. The largest absolute Gasteiger partial charge is 0.495 e. The zero-order valence-corrected chi connectivity index (χ0v) is 11.6. The van der Waals surface area contributed by atoms with Gasteiger partial charge in [-0.2, -0.15) is 0 Å². The number of benzene rings is 1. The summed E-state index contributed by atoms with van der Waals surface area (Å²) in [5.74, 6) is -2.57. The van der Waals surface area contributed by atoms with Crippen LogP contribution in [0, 0.1) is 11.7 Å². The topological polar surface area (TPSA) is 80.7 Å². The van der Waals surface area contributed by atoms with Crippen molar-refractivity contribution in [3.05, 3.63) is 23.5 Å². The Hall–Kier alpha value is -1.63. The first kappa shape index (κ1) is 15.4. The van der Waals surface area contributed by atoms with Crippen molar-refractivity contribution in [2.75, 3.05) is 13.4 Å². The monoisotopic (exact) mass is 290 g/mol. The van der Waals surface area contributed by atoms with Gasteiger partial charge in [-0.1, -0.05) is 6.92 Å². The van der Waals surface area contributed by atoms with Crippen LogP contribution in [0.1, 0.15) is 12.5 Å². The molecule has 7 heteroatoms. The third-order valence-corrected chi connectivity index (χ3v) is 3.75. The average Bonchev–Trinajstić information content (AvgIpc) is 2.26. The third-order valence-electron chi connectivity index (χ3n) is 2.65. The first-order valence-electron chi connectivity index (χ1n) is 5.46. The molecule has 0 saturated heterocycles. The van der Waals surface area contributed by atoms with Crippen molar-refractivity contribution in [1.29, 1.82) is 0 Å². The molecule has 0 radical (unpaired) electrons. The van der Waals surface area contributed by atoms with Gasteiger partial charge in [0.2, 0.25) is 0 Å². The molecule has 0 bridgehead atoms. The van der Waals surface area contributed by atoms with Gasteiger partial charge in [-0.3, -0.25) is 4.79 Å². The SMILES string of the molecule is COc1c(CC(C)C(=O)O)cc(F)cc1S(C)(=O)=O. The van der Waals surface area contributed by atoms with E-state index in [0.29, 0.717) is 0 Å². The van der Waals surface area contributed by atoms with Gasteiger partial charge in [-0.15, -0.1) is 0 Å². The quantitative estimate of drug-likeness (QED) is 0.889. The summed E-state index contributed by atoms with van der Waals surface area (Å²) in [5, 5.41) is 8.85. The predicted octanol–water partition coefficient (Wildman–Crippen LogP) is 1.50. The third kappa shape index (κ3) is 3.66. The van der Waals surface area contributed by atoms with Crippen molar-refractivity contribution in [1.82, 2.24) is 0 Å². The molecule has 1 aromatic carbocycles. The number of hydrogen-bond donors (Lipinski definition) is 1. The summed E-state index contributed by atoms with van der Waals surface area (Å²) in [6, 6.07) is 1.95. The van der Waals surface area contributed by atoms with Crippen molar-refractivity contribution in [2.45, 2.75) is 18.2 Å². The number of rotatable bonds is 5. The highest BCUT2D eigenvalue weighted by atomic mass is 32.2. The van der Waals surface area contributed by atoms with E-state index in [9.17, 15) is 17.6 Å². The summed E-state index contributed by atoms with van der Waals surface area (Å²) in [6.45, 7) is 1.45. The van der Waals surface area contributed by atoms with Gasteiger partial charge >= 0.3 is 5.97 Å². The Morgan fingerprint density at radius 2 is 2.05 bits per heavy atom. The van der Waals surface area contributed by atoms with Gasteiger partial charge in [0.05, 0.1) is 13.0 Å². The van der Waals surface area contributed by atoms with Crippen LogP contribution in [0.2, 0.25) is 0 Å². The zero-order valence-electron chi connectivity index (χ0n) is 10.8. The van der Waals surface area contributed by atoms with E-state index in [4.69, 9.17) is 9.84 Å². The molecule has 0 aliphatic heterocycles. The lowest BCUT2D eigenvalue weighted by atomic mass is 10.0. The zero-order chi connectivity index (χ0) is 14.8. The van der Waals surface area contributed by atoms with E-state index in [2.05, 4.69) is 0 Å². The summed E-state index contributed by atoms with van der Waals surface area (Å²) in [4.78, 5) is 10.5. The van der Waals surface area contributed by atoms with Gasteiger partial charge < -0.3 is 9.84 Å². The maximum Gasteiger partial charge on any atom is 0.306 e. The highest BCUT2D eigenvalue weighted by Gasteiger charge is 2.22. The molecular weight excluding hydrogens is 275 g/mol. The summed E-state index contributed by atoms with van der Waals surface area (Å²) in [5.41, 5.74) is 0.220. The van der Waals surface area contributed by atoms with Gasteiger partial charge in [0.1, 0.15) is 16.5 Å². The Balaban J connectivity index is 3.40. The average molecular weight is 290 g/mol. The van der Waals surface area contributed by atoms with E-state index in [-0.39, 0.29) is 22.6 Å². The number of carboxylic acids is 1. The summed E-state index contributed by atoms with van der Waals surface area (Å²) in [6.07, 6.45) is 0.924. The molecule has 1 aromatic rings. The van der Waals surface area contributed by atoms with Crippen LogP contribution in [-0.2, 0) is 21.1 Å². The fourth-order valence-corrected chi connectivity index (χ4v) is 2.58. The Bertz CT molecular complexity index is 594. The molecule has 0 heterocycles. The lowest BCUT2D eigenvalue weighted by Crippen LogP contribution is -2.14. The molecule has 0 amide bonds. The van der Waals surface area contributed by atoms with Crippen LogP contribution in [0.3, 0.4) is 0 Å². The van der Waals surface area contributed by atoms with Gasteiger partial charge in [0.25, 0.3) is 0 Å². The summed E-state index contributed by atoms with van der Waals surface area (Å²) < 4.78 is 41.6. The number of carboxylic acid groups (broad SMARTS) is 1. The van der Waals surface area contributed by atoms with Crippen molar-refractivity contribution in [2.24, 2.45) is 5.92 Å². The Morgan fingerprint density at radius 3 is 2.47 bits per heavy atom. The number of sulfone groups is 1. The second-order valence-corrected chi connectivity index (χ2v) is 6.30. The Morgan fingerprint density at radius 1 is 1.47 bits per heavy atom. The molecule has 106 valence electrons. The van der Waals surface area contributed by atoms with Gasteiger partial charge in [0, 0.05) is 6.26 Å². The van der Waals surface area contributed by atoms with Gasteiger partial charge in [-0.05, 0) is 24.1 Å². The molecule has 0 aliphatic carbocycles. The maximum atomic E-state index is 13.5. The number of ether oxygens (including phenoxy) is 1. The van der Waals surface area contributed by atoms with E-state index in [1.54, 1.807) is 0 Å². The van der Waals surface area contributed by atoms with E-state index < -0.39 is 27.5 Å². The maximum absolute atomic E-state index is 13.5. The van der Waals surface area contributed by atoms with Crippen LogP contribution in [0.25, 0.3) is 0 Å². The Labute approximate surface area is 110 Å². The molecule has 0 aliphatic rings. The smallest absolute Gasteiger partial charge is 0.306 e. The normalized spacial score (nSPS) is 13.1. The van der Waals surface area contributed by atoms with E-state index in [0.717, 1.165) is 18.4 Å². The summed E-state index contributed by atoms with van der Waals surface area (Å²) >= 11 is 0. The van der Waals surface area contributed by atoms with E-state index >= 15 is 0 Å². The number of halogens is 1. The first-order chi connectivity index (χ1) is 8.66. The Kier molecular flexibility index (Phi) is 4.52. The van der Waals surface area contributed by atoms with Crippen LogP contribution in [0.5, 0.6) is 5.75 Å². The molecule has 1 atom stereocenters. The lowest BCUT2D eigenvalue weighted by molar-refractivity contribution is -0.141. The van der Waals surface area contributed by atoms with Crippen LogP contribution in [0.15, 0.2) is 17.0 Å². The molecule has 0 spiro atoms. The minimum absolute atomic E-state index is 0.00278. The van der Waals surface area contributed by atoms with Gasteiger partial charge in [0.15, 0.2) is 9.84 Å². The molecule has 0 fully saturated rings. The minimum Gasteiger partial charge on any atom is -0.495 e. The molecule has 1 rings (SSSR count). The molecule has 0 aromatic heterocycles. The molecule has 1 N–H and O–H groups in total. The van der Waals surface area contributed by atoms with Crippen LogP contribution in [0.4, 0.5) is 4.39 Å². The number of aliphatic carboxylic acids is 1. The standard InChI is InChI=1S/C12H15FO5S/c1-7(12(14)15)4-8-5-9(13)6-10(11(8)18-2)19(3,16)17/h5-7H,4H2,1-3H3,(H,14,15). The molecule has 19 heavy (non-hydrogen) atoms. The second kappa shape index (κ2) is 5.56. The van der Waals surface area contributed by atoms with Crippen LogP contribution in [-0.4, -0.2) is 32.9 Å². The first-order valence-corrected chi connectivity index (χ1v) is 7.35. The predicted molar refractivity (Wildman–Crippen MR) is 66.6 cm³/mol. The molecule has 0 saturated carbocycles. The number of methoxy groups -OCH3 is 1. The van der Waals surface area contributed by atoms with E-state index in [1.807, 2.05) is 0 Å². The highest BCUT2D eigenvalue weighted by molar-refractivity contribution is 7.90.